The average Bonchev–Trinajstić information content (AvgIpc) is 2.21. The van der Waals surface area contributed by atoms with Gasteiger partial charge in [0.05, 0.1) is 17.8 Å². The van der Waals surface area contributed by atoms with Crippen molar-refractivity contribution in [2.24, 2.45) is 0 Å². The molecular weight excluding hydrogens is 235 g/mol. The van der Waals surface area contributed by atoms with Gasteiger partial charge in [-0.05, 0) is 18.2 Å². The summed E-state index contributed by atoms with van der Waals surface area (Å²) < 4.78 is 4.64. The number of hydrogen-bond donors (Lipinski definition) is 2. The second kappa shape index (κ2) is 5.63. The van der Waals surface area contributed by atoms with E-state index >= 15 is 0 Å². The number of halogens is 2. The Morgan fingerprint density at radius 2 is 2.20 bits per heavy atom. The van der Waals surface area contributed by atoms with Gasteiger partial charge in [-0.1, -0.05) is 23.2 Å². The zero-order valence-electron chi connectivity index (χ0n) is 8.05. The minimum absolute atomic E-state index is 0.0626. The second-order valence-electron chi connectivity index (χ2n) is 2.67. The molecular formula is C10H10Cl2N2O. The molecule has 0 fully saturated rings. The molecule has 1 aromatic rings. The van der Waals surface area contributed by atoms with Crippen LogP contribution in [0.1, 0.15) is 0 Å². The van der Waals surface area contributed by atoms with Gasteiger partial charge in [0, 0.05) is 17.3 Å². The molecule has 1 rings (SSSR count). The summed E-state index contributed by atoms with van der Waals surface area (Å²) in [6, 6.07) is 5.12. The van der Waals surface area contributed by atoms with E-state index in [2.05, 4.69) is 10.1 Å². The smallest absolute Gasteiger partial charge is 0.206 e. The highest BCUT2D eigenvalue weighted by Crippen LogP contribution is 2.25. The van der Waals surface area contributed by atoms with Gasteiger partial charge in [-0.15, -0.1) is 0 Å². The van der Waals surface area contributed by atoms with Crippen molar-refractivity contribution in [1.82, 2.24) is 0 Å². The van der Waals surface area contributed by atoms with Crippen LogP contribution in [0.15, 0.2) is 30.5 Å². The molecule has 0 heterocycles. The lowest BCUT2D eigenvalue weighted by molar-refractivity contribution is 0.403. The Kier molecular flexibility index (Phi) is 4.46. The third kappa shape index (κ3) is 3.81. The first-order valence-electron chi connectivity index (χ1n) is 4.14. The van der Waals surface area contributed by atoms with Gasteiger partial charge in [0.15, 0.2) is 0 Å². The van der Waals surface area contributed by atoms with Crippen LogP contribution in [-0.4, -0.2) is 13.0 Å². The van der Waals surface area contributed by atoms with Gasteiger partial charge in [-0.3, -0.25) is 5.41 Å². The van der Waals surface area contributed by atoms with Crippen molar-refractivity contribution in [3.05, 3.63) is 40.5 Å². The summed E-state index contributed by atoms with van der Waals surface area (Å²) in [5, 5.41) is 11.2. The Bertz CT molecular complexity index is 391. The van der Waals surface area contributed by atoms with Crippen LogP contribution in [0.4, 0.5) is 5.69 Å². The molecule has 15 heavy (non-hydrogen) atoms. The van der Waals surface area contributed by atoms with Crippen LogP contribution in [0, 0.1) is 5.41 Å². The number of nitrogens with one attached hydrogen (secondary N) is 2. The summed E-state index contributed by atoms with van der Waals surface area (Å²) in [5.41, 5.74) is 0.723. The van der Waals surface area contributed by atoms with Gasteiger partial charge >= 0.3 is 0 Å². The Hall–Kier alpha value is -1.19. The predicted molar refractivity (Wildman–Crippen MR) is 64.0 cm³/mol. The Labute approximate surface area is 98.2 Å². The van der Waals surface area contributed by atoms with E-state index in [1.54, 1.807) is 24.4 Å². The van der Waals surface area contributed by atoms with Crippen LogP contribution >= 0.6 is 23.2 Å². The van der Waals surface area contributed by atoms with Gasteiger partial charge in [-0.2, -0.15) is 0 Å². The number of methoxy groups -OCH3 is 1. The lowest BCUT2D eigenvalue weighted by atomic mass is 10.3. The maximum Gasteiger partial charge on any atom is 0.206 e. The third-order valence-corrected chi connectivity index (χ3v) is 2.17. The molecule has 0 atom stereocenters. The summed E-state index contributed by atoms with van der Waals surface area (Å²) in [4.78, 5) is 0. The fourth-order valence-electron chi connectivity index (χ4n) is 0.882. The number of anilines is 1. The van der Waals surface area contributed by atoms with E-state index < -0.39 is 0 Å². The van der Waals surface area contributed by atoms with E-state index in [4.69, 9.17) is 28.6 Å². The molecule has 0 bridgehead atoms. The molecule has 2 N–H and O–H groups in total. The third-order valence-electron chi connectivity index (χ3n) is 1.62. The monoisotopic (exact) mass is 244 g/mol. The Morgan fingerprint density at radius 3 is 2.80 bits per heavy atom. The molecule has 0 aliphatic rings. The lowest BCUT2D eigenvalue weighted by Crippen LogP contribution is -1.95. The molecule has 0 saturated carbocycles. The highest BCUT2D eigenvalue weighted by atomic mass is 35.5. The first-order valence-corrected chi connectivity index (χ1v) is 4.89. The van der Waals surface area contributed by atoms with Gasteiger partial charge in [0.25, 0.3) is 0 Å². The van der Waals surface area contributed by atoms with Crippen molar-refractivity contribution >= 4 is 34.8 Å². The van der Waals surface area contributed by atoms with Gasteiger partial charge in [-0.25, -0.2) is 0 Å². The van der Waals surface area contributed by atoms with Crippen molar-refractivity contribution in [3.8, 4) is 0 Å². The number of ether oxygens (including phenoxy) is 1. The summed E-state index contributed by atoms with van der Waals surface area (Å²) in [7, 11) is 1.43. The van der Waals surface area contributed by atoms with Crippen molar-refractivity contribution in [3.63, 3.8) is 0 Å². The van der Waals surface area contributed by atoms with Crippen molar-refractivity contribution in [2.45, 2.75) is 0 Å². The summed E-state index contributed by atoms with van der Waals surface area (Å²) in [6.07, 6.45) is 3.05. The molecule has 3 nitrogen and oxygen atoms in total. The number of hydrogen-bond acceptors (Lipinski definition) is 3. The standard InChI is InChI=1S/C10H10Cl2N2O/c1-15-10(13)4-5-14-9-3-2-7(11)6-8(9)12/h2-6,13-14H,1H3/b5-4-,13-10?. The maximum absolute atomic E-state index is 7.19. The summed E-state index contributed by atoms with van der Waals surface area (Å²) in [6.45, 7) is 0. The van der Waals surface area contributed by atoms with E-state index in [9.17, 15) is 0 Å². The Morgan fingerprint density at radius 1 is 1.47 bits per heavy atom. The number of rotatable bonds is 3. The van der Waals surface area contributed by atoms with Crippen molar-refractivity contribution < 1.29 is 4.74 Å². The fourth-order valence-corrected chi connectivity index (χ4v) is 1.34. The molecule has 1 aromatic carbocycles. The lowest BCUT2D eigenvalue weighted by Gasteiger charge is -2.03. The fraction of sp³-hybridized carbons (Fsp3) is 0.100. The highest BCUT2D eigenvalue weighted by molar-refractivity contribution is 6.36. The van der Waals surface area contributed by atoms with Gasteiger partial charge < -0.3 is 10.1 Å². The molecule has 0 amide bonds. The largest absolute Gasteiger partial charge is 0.481 e. The quantitative estimate of drug-likeness (QED) is 0.631. The van der Waals surface area contributed by atoms with E-state index in [-0.39, 0.29) is 5.90 Å². The van der Waals surface area contributed by atoms with Crippen LogP contribution in [0.5, 0.6) is 0 Å². The average molecular weight is 245 g/mol. The zero-order valence-corrected chi connectivity index (χ0v) is 9.56. The zero-order chi connectivity index (χ0) is 11.3. The van der Waals surface area contributed by atoms with Crippen molar-refractivity contribution in [1.29, 1.82) is 5.41 Å². The first-order chi connectivity index (χ1) is 7.13. The molecule has 80 valence electrons. The first kappa shape index (κ1) is 11.9. The molecule has 0 radical (unpaired) electrons. The molecule has 0 aliphatic heterocycles. The number of benzene rings is 1. The minimum atomic E-state index is 0.0626. The molecule has 0 spiro atoms. The maximum atomic E-state index is 7.19. The molecule has 0 unspecified atom stereocenters. The summed E-state index contributed by atoms with van der Waals surface area (Å²) >= 11 is 11.7. The molecule has 0 saturated heterocycles. The second-order valence-corrected chi connectivity index (χ2v) is 3.51. The Balaban J connectivity index is 2.65. The summed E-state index contributed by atoms with van der Waals surface area (Å²) in [5.74, 6) is 0.0626. The van der Waals surface area contributed by atoms with Crippen molar-refractivity contribution in [2.75, 3.05) is 12.4 Å². The highest BCUT2D eigenvalue weighted by Gasteiger charge is 1.98. The van der Waals surface area contributed by atoms with Crippen LogP contribution in [0.25, 0.3) is 0 Å². The topological polar surface area (TPSA) is 45.1 Å². The van der Waals surface area contributed by atoms with E-state index in [0.717, 1.165) is 5.69 Å². The SMILES string of the molecule is COC(=N)/C=C\Nc1ccc(Cl)cc1Cl. The molecule has 5 heteroatoms. The van der Waals surface area contributed by atoms with E-state index in [0.29, 0.717) is 10.0 Å². The van der Waals surface area contributed by atoms with Gasteiger partial charge in [0.1, 0.15) is 0 Å². The normalized spacial score (nSPS) is 10.3. The predicted octanol–water partition coefficient (Wildman–Crippen LogP) is 3.54. The van der Waals surface area contributed by atoms with Crippen LogP contribution < -0.4 is 5.32 Å². The van der Waals surface area contributed by atoms with Crippen LogP contribution in [-0.2, 0) is 4.74 Å². The van der Waals surface area contributed by atoms with Gasteiger partial charge in [0.2, 0.25) is 5.90 Å². The van der Waals surface area contributed by atoms with E-state index in [1.807, 2.05) is 0 Å². The van der Waals surface area contributed by atoms with Crippen LogP contribution in [0.3, 0.4) is 0 Å². The van der Waals surface area contributed by atoms with Crippen LogP contribution in [0.2, 0.25) is 10.0 Å². The molecule has 0 aliphatic carbocycles. The molecule has 0 aromatic heterocycles. The van der Waals surface area contributed by atoms with E-state index in [1.165, 1.54) is 13.2 Å². The minimum Gasteiger partial charge on any atom is -0.481 e.